The number of carbonyl (C=O) groups is 2. The molecule has 0 saturated heterocycles. The third-order valence-electron chi connectivity index (χ3n) is 1.54. The fraction of sp³-hybridized carbons (Fsp3) is 0.750. The monoisotopic (exact) mass is 338 g/mol. The lowest BCUT2D eigenvalue weighted by Gasteiger charge is -2.21. The van der Waals surface area contributed by atoms with Gasteiger partial charge in [0, 0.05) is 10.5 Å². The highest BCUT2D eigenvalue weighted by Gasteiger charge is 2.27. The maximum atomic E-state index is 10.2. The Morgan fingerprint density at radius 2 is 1.50 bits per heavy atom. The van der Waals surface area contributed by atoms with Gasteiger partial charge in [0.15, 0.2) is 0 Å². The highest BCUT2D eigenvalue weighted by atomic mass is 32.1. The fourth-order valence-corrected chi connectivity index (χ4v) is 0.647. The standard InChI is InChI=1S/C5H11NO2S.C3H7NO2S.2H2S/c1-5(2,9)3(6)4(7)8;4-2(1-7)3(5)6;;/h3,9H,6H2,1-2H3,(H,7,8);2,7H,1,4H2,(H,5,6);2*1H2/t3-;2-;;/m00../s1. The van der Waals surface area contributed by atoms with Crippen molar-refractivity contribution < 1.29 is 19.8 Å². The van der Waals surface area contributed by atoms with Gasteiger partial charge in [0.25, 0.3) is 0 Å². The van der Waals surface area contributed by atoms with Crippen LogP contribution in [-0.4, -0.2) is 44.7 Å². The van der Waals surface area contributed by atoms with Gasteiger partial charge in [-0.15, -0.1) is 0 Å². The molecule has 0 spiro atoms. The molecule has 2 atom stereocenters. The molecule has 0 heterocycles. The Kier molecular flexibility index (Phi) is 18.3. The summed E-state index contributed by atoms with van der Waals surface area (Å²) in [7, 11) is 0. The molecule has 0 fully saturated rings. The molecule has 0 unspecified atom stereocenters. The zero-order valence-electron chi connectivity index (χ0n) is 10.1. The third-order valence-corrected chi connectivity index (χ3v) is 2.21. The van der Waals surface area contributed by atoms with Crippen LogP contribution in [0.3, 0.4) is 0 Å². The van der Waals surface area contributed by atoms with Gasteiger partial charge >= 0.3 is 11.9 Å². The summed E-state index contributed by atoms with van der Waals surface area (Å²) in [5, 5.41) is 16.4. The van der Waals surface area contributed by atoms with Crippen LogP contribution >= 0.6 is 52.2 Å². The lowest BCUT2D eigenvalue weighted by Crippen LogP contribution is -2.45. The minimum Gasteiger partial charge on any atom is -0.480 e. The van der Waals surface area contributed by atoms with E-state index in [2.05, 4.69) is 25.3 Å². The van der Waals surface area contributed by atoms with Gasteiger partial charge in [0.1, 0.15) is 12.1 Å². The van der Waals surface area contributed by atoms with E-state index in [1.807, 2.05) is 0 Å². The fourth-order valence-electron chi connectivity index (χ4n) is 0.380. The molecule has 0 radical (unpaired) electrons. The second-order valence-electron chi connectivity index (χ2n) is 3.60. The minimum atomic E-state index is -1.02. The first kappa shape index (κ1) is 26.8. The van der Waals surface area contributed by atoms with Crippen molar-refractivity contribution in [2.45, 2.75) is 30.7 Å². The van der Waals surface area contributed by atoms with E-state index in [9.17, 15) is 9.59 Å². The second-order valence-corrected chi connectivity index (χ2v) is 5.11. The summed E-state index contributed by atoms with van der Waals surface area (Å²) in [6.07, 6.45) is 0. The summed E-state index contributed by atoms with van der Waals surface area (Å²) in [5.41, 5.74) is 10.2. The van der Waals surface area contributed by atoms with Crippen LogP contribution in [0, 0.1) is 0 Å². The van der Waals surface area contributed by atoms with Gasteiger partial charge in [-0.05, 0) is 13.8 Å². The predicted octanol–water partition coefficient (Wildman–Crippen LogP) is -0.340. The van der Waals surface area contributed by atoms with E-state index >= 15 is 0 Å². The van der Waals surface area contributed by atoms with Crippen molar-refractivity contribution in [3.05, 3.63) is 0 Å². The summed E-state index contributed by atoms with van der Waals surface area (Å²) in [6, 6.07) is -1.72. The maximum absolute atomic E-state index is 10.2. The van der Waals surface area contributed by atoms with Crippen LogP contribution in [0.2, 0.25) is 0 Å². The van der Waals surface area contributed by atoms with E-state index < -0.39 is 28.8 Å². The van der Waals surface area contributed by atoms with Gasteiger partial charge in [-0.3, -0.25) is 9.59 Å². The van der Waals surface area contributed by atoms with Crippen LogP contribution in [0.25, 0.3) is 0 Å². The molecule has 0 aliphatic carbocycles. The highest BCUT2D eigenvalue weighted by Crippen LogP contribution is 2.15. The molecule has 18 heavy (non-hydrogen) atoms. The summed E-state index contributed by atoms with van der Waals surface area (Å²) in [5.74, 6) is -1.83. The van der Waals surface area contributed by atoms with Gasteiger partial charge < -0.3 is 21.7 Å². The number of rotatable bonds is 4. The molecule has 6 N–H and O–H groups in total. The molecular formula is C8H22N2O4S4. The highest BCUT2D eigenvalue weighted by molar-refractivity contribution is 7.81. The first-order valence-electron chi connectivity index (χ1n) is 4.34. The predicted molar refractivity (Wildman–Crippen MR) is 88.9 cm³/mol. The van der Waals surface area contributed by atoms with Crippen LogP contribution in [0.5, 0.6) is 0 Å². The van der Waals surface area contributed by atoms with E-state index in [0.717, 1.165) is 0 Å². The topological polar surface area (TPSA) is 127 Å². The first-order chi connectivity index (χ1) is 7.03. The molecular weight excluding hydrogens is 316 g/mol. The van der Waals surface area contributed by atoms with E-state index in [1.54, 1.807) is 13.8 Å². The molecule has 10 heteroatoms. The number of nitrogens with two attached hydrogens (primary N) is 2. The quantitative estimate of drug-likeness (QED) is 0.389. The average Bonchev–Trinajstić information content (AvgIpc) is 2.14. The van der Waals surface area contributed by atoms with Crippen molar-refractivity contribution in [3.8, 4) is 0 Å². The molecule has 6 nitrogen and oxygen atoms in total. The second kappa shape index (κ2) is 12.3. The van der Waals surface area contributed by atoms with Crippen molar-refractivity contribution in [1.82, 2.24) is 0 Å². The molecule has 0 rings (SSSR count). The van der Waals surface area contributed by atoms with E-state index in [-0.39, 0.29) is 32.7 Å². The Morgan fingerprint density at radius 1 is 1.17 bits per heavy atom. The Bertz CT molecular complexity index is 248. The van der Waals surface area contributed by atoms with Gasteiger partial charge in [0.05, 0.1) is 0 Å². The first-order valence-corrected chi connectivity index (χ1v) is 5.42. The van der Waals surface area contributed by atoms with Gasteiger partial charge in [-0.25, -0.2) is 0 Å². The van der Waals surface area contributed by atoms with Crippen LogP contribution in [0.15, 0.2) is 0 Å². The Labute approximate surface area is 132 Å². The Balaban J connectivity index is -0.000000100. The Hall–Kier alpha value is 0.260. The minimum absolute atomic E-state index is 0. The van der Waals surface area contributed by atoms with Gasteiger partial charge in [0.2, 0.25) is 0 Å². The Morgan fingerprint density at radius 3 is 1.50 bits per heavy atom. The number of aliphatic carboxylic acids is 2. The largest absolute Gasteiger partial charge is 0.480 e. The van der Waals surface area contributed by atoms with Gasteiger partial charge in [-0.2, -0.15) is 52.2 Å². The van der Waals surface area contributed by atoms with Crippen molar-refractivity contribution >= 4 is 64.2 Å². The molecule has 0 aromatic heterocycles. The molecule has 0 amide bonds. The van der Waals surface area contributed by atoms with Crippen molar-refractivity contribution in [2.24, 2.45) is 11.5 Å². The smallest absolute Gasteiger partial charge is 0.321 e. The third kappa shape index (κ3) is 14.3. The van der Waals surface area contributed by atoms with Crippen molar-refractivity contribution in [3.63, 3.8) is 0 Å². The summed E-state index contributed by atoms with van der Waals surface area (Å²) >= 11 is 7.63. The number of hydrogen-bond acceptors (Lipinski definition) is 6. The SMILES string of the molecule is CC(C)(S)[C@@H](N)C(=O)O.N[C@@H](CS)C(=O)O.S.S. The molecule has 0 saturated carbocycles. The number of hydrogen-bond donors (Lipinski definition) is 6. The molecule has 112 valence electrons. The lowest BCUT2D eigenvalue weighted by molar-refractivity contribution is -0.139. The lowest BCUT2D eigenvalue weighted by atomic mass is 10.1. The zero-order valence-corrected chi connectivity index (χ0v) is 13.9. The molecule has 0 aliphatic heterocycles. The summed E-state index contributed by atoms with van der Waals surface area (Å²) < 4.78 is -0.647. The van der Waals surface area contributed by atoms with Crippen LogP contribution < -0.4 is 11.5 Å². The average molecular weight is 339 g/mol. The molecule has 0 aliphatic rings. The number of carboxylic acid groups (broad SMARTS) is 2. The maximum Gasteiger partial charge on any atom is 0.321 e. The van der Waals surface area contributed by atoms with Crippen molar-refractivity contribution in [2.75, 3.05) is 5.75 Å². The molecule has 0 aromatic rings. The van der Waals surface area contributed by atoms with Crippen molar-refractivity contribution in [1.29, 1.82) is 0 Å². The van der Waals surface area contributed by atoms with E-state index in [4.69, 9.17) is 21.7 Å². The number of carboxylic acids is 2. The summed E-state index contributed by atoms with van der Waals surface area (Å²) in [4.78, 5) is 19.9. The normalized spacial score (nSPS) is 12.8. The van der Waals surface area contributed by atoms with E-state index in [1.165, 1.54) is 0 Å². The zero-order chi connectivity index (χ0) is 13.5. The number of thiol groups is 2. The van der Waals surface area contributed by atoms with E-state index in [0.29, 0.717) is 0 Å². The molecule has 0 bridgehead atoms. The van der Waals surface area contributed by atoms with Crippen LogP contribution in [0.4, 0.5) is 0 Å². The van der Waals surface area contributed by atoms with Gasteiger partial charge in [-0.1, -0.05) is 0 Å². The summed E-state index contributed by atoms with van der Waals surface area (Å²) in [6.45, 7) is 3.32. The van der Waals surface area contributed by atoms with Crippen LogP contribution in [-0.2, 0) is 9.59 Å². The van der Waals surface area contributed by atoms with Crippen LogP contribution in [0.1, 0.15) is 13.8 Å². The molecule has 0 aromatic carbocycles.